The van der Waals surface area contributed by atoms with Crippen LogP contribution in [0.5, 0.6) is 0 Å². The van der Waals surface area contributed by atoms with E-state index in [9.17, 15) is 5.11 Å². The minimum atomic E-state index is -0.0586. The van der Waals surface area contributed by atoms with Crippen LogP contribution in [0.15, 0.2) is 30.3 Å². The first kappa shape index (κ1) is 11.2. The smallest absolute Gasteiger partial charge is 0.0696 e. The predicted molar refractivity (Wildman–Crippen MR) is 68.9 cm³/mol. The summed E-state index contributed by atoms with van der Waals surface area (Å²) in [6.45, 7) is 2.10. The number of hydrogen-bond acceptors (Lipinski definition) is 2. The Morgan fingerprint density at radius 1 is 1.24 bits per heavy atom. The average molecular weight is 231 g/mol. The third kappa shape index (κ3) is 2.38. The molecule has 0 amide bonds. The molecule has 0 aliphatic carbocycles. The van der Waals surface area contributed by atoms with E-state index in [1.807, 2.05) is 0 Å². The molecule has 3 aliphatic heterocycles. The van der Waals surface area contributed by atoms with Gasteiger partial charge in [0.1, 0.15) is 0 Å². The van der Waals surface area contributed by atoms with E-state index >= 15 is 0 Å². The summed E-state index contributed by atoms with van der Waals surface area (Å²) in [7, 11) is 0. The topological polar surface area (TPSA) is 23.5 Å². The van der Waals surface area contributed by atoms with Crippen LogP contribution in [-0.4, -0.2) is 35.2 Å². The van der Waals surface area contributed by atoms with Crippen molar-refractivity contribution >= 4 is 0 Å². The molecular formula is C15H21NO. The van der Waals surface area contributed by atoms with Gasteiger partial charge < -0.3 is 5.11 Å². The molecule has 0 spiro atoms. The molecule has 2 nitrogen and oxygen atoms in total. The van der Waals surface area contributed by atoms with Crippen LogP contribution in [0.1, 0.15) is 24.8 Å². The average Bonchev–Trinajstić information content (AvgIpc) is 2.39. The lowest BCUT2D eigenvalue weighted by Gasteiger charge is -2.48. The van der Waals surface area contributed by atoms with E-state index in [1.54, 1.807) is 0 Å². The largest absolute Gasteiger partial charge is 0.392 e. The summed E-state index contributed by atoms with van der Waals surface area (Å²) in [6.07, 6.45) is 4.76. The van der Waals surface area contributed by atoms with Gasteiger partial charge in [-0.05, 0) is 43.7 Å². The van der Waals surface area contributed by atoms with Crippen molar-refractivity contribution in [2.45, 2.75) is 37.8 Å². The molecule has 1 aromatic rings. The van der Waals surface area contributed by atoms with Crippen LogP contribution in [0.2, 0.25) is 0 Å². The SMILES string of the molecule is OC1CN2CCC1CC2CCc1ccccc1. The Balaban J connectivity index is 1.57. The van der Waals surface area contributed by atoms with Crippen molar-refractivity contribution in [3.8, 4) is 0 Å². The zero-order valence-electron chi connectivity index (χ0n) is 10.3. The molecule has 1 N–H and O–H groups in total. The third-order valence-corrected chi connectivity index (χ3v) is 4.45. The molecule has 4 atom stereocenters. The van der Waals surface area contributed by atoms with Crippen LogP contribution in [0.3, 0.4) is 0 Å². The van der Waals surface area contributed by atoms with Gasteiger partial charge in [0, 0.05) is 12.6 Å². The van der Waals surface area contributed by atoms with Crippen LogP contribution in [-0.2, 0) is 6.42 Å². The monoisotopic (exact) mass is 231 g/mol. The highest BCUT2D eigenvalue weighted by Gasteiger charge is 2.38. The van der Waals surface area contributed by atoms with Gasteiger partial charge in [-0.3, -0.25) is 4.90 Å². The van der Waals surface area contributed by atoms with Crippen molar-refractivity contribution in [3.63, 3.8) is 0 Å². The number of hydrogen-bond donors (Lipinski definition) is 1. The summed E-state index contributed by atoms with van der Waals surface area (Å²) < 4.78 is 0. The summed E-state index contributed by atoms with van der Waals surface area (Å²) in [5.41, 5.74) is 1.44. The molecule has 92 valence electrons. The predicted octanol–water partition coefficient (Wildman–Crippen LogP) is 2.07. The van der Waals surface area contributed by atoms with Crippen molar-refractivity contribution in [1.29, 1.82) is 0 Å². The van der Waals surface area contributed by atoms with Crippen LogP contribution < -0.4 is 0 Å². The second kappa shape index (κ2) is 4.79. The van der Waals surface area contributed by atoms with Crippen molar-refractivity contribution in [2.24, 2.45) is 5.92 Å². The normalized spacial score (nSPS) is 36.1. The fourth-order valence-electron chi connectivity index (χ4n) is 3.39. The molecular weight excluding hydrogens is 210 g/mol. The van der Waals surface area contributed by atoms with E-state index in [0.29, 0.717) is 12.0 Å². The standard InChI is InChI=1S/C15H21NO/c17-15-11-16-9-8-13(15)10-14(16)7-6-12-4-2-1-3-5-12/h1-5,13-15,17H,6-11H2. The summed E-state index contributed by atoms with van der Waals surface area (Å²) >= 11 is 0. The summed E-state index contributed by atoms with van der Waals surface area (Å²) in [6, 6.07) is 11.4. The van der Waals surface area contributed by atoms with Gasteiger partial charge in [0.2, 0.25) is 0 Å². The first-order valence-electron chi connectivity index (χ1n) is 6.79. The highest BCUT2D eigenvalue weighted by molar-refractivity contribution is 5.15. The van der Waals surface area contributed by atoms with Gasteiger partial charge in [0.15, 0.2) is 0 Å². The van der Waals surface area contributed by atoms with E-state index < -0.39 is 0 Å². The number of fused-ring (bicyclic) bond motifs is 3. The van der Waals surface area contributed by atoms with Crippen LogP contribution >= 0.6 is 0 Å². The Morgan fingerprint density at radius 3 is 2.71 bits per heavy atom. The zero-order valence-corrected chi connectivity index (χ0v) is 10.3. The van der Waals surface area contributed by atoms with Crippen molar-refractivity contribution in [2.75, 3.05) is 13.1 Å². The molecule has 2 bridgehead atoms. The van der Waals surface area contributed by atoms with Crippen molar-refractivity contribution < 1.29 is 5.11 Å². The minimum absolute atomic E-state index is 0.0586. The maximum atomic E-state index is 9.86. The van der Waals surface area contributed by atoms with Crippen molar-refractivity contribution in [1.82, 2.24) is 4.90 Å². The van der Waals surface area contributed by atoms with Gasteiger partial charge in [-0.15, -0.1) is 0 Å². The molecule has 17 heavy (non-hydrogen) atoms. The van der Waals surface area contributed by atoms with E-state index in [-0.39, 0.29) is 6.10 Å². The van der Waals surface area contributed by atoms with Crippen LogP contribution in [0, 0.1) is 5.92 Å². The van der Waals surface area contributed by atoms with E-state index in [1.165, 1.54) is 37.8 Å². The lowest BCUT2D eigenvalue weighted by atomic mass is 9.79. The van der Waals surface area contributed by atoms with Crippen LogP contribution in [0.4, 0.5) is 0 Å². The molecule has 2 heteroatoms. The fourth-order valence-corrected chi connectivity index (χ4v) is 3.39. The number of rotatable bonds is 3. The molecule has 3 fully saturated rings. The van der Waals surface area contributed by atoms with Gasteiger partial charge in [0.25, 0.3) is 0 Å². The number of aliphatic hydroxyl groups excluding tert-OH is 1. The van der Waals surface area contributed by atoms with Crippen LogP contribution in [0.25, 0.3) is 0 Å². The number of nitrogens with zero attached hydrogens (tertiary/aromatic N) is 1. The molecule has 4 unspecified atom stereocenters. The molecule has 3 aliphatic rings. The molecule has 1 aromatic carbocycles. The van der Waals surface area contributed by atoms with Gasteiger partial charge in [-0.2, -0.15) is 0 Å². The van der Waals surface area contributed by atoms with E-state index in [4.69, 9.17) is 0 Å². The Bertz CT molecular complexity index is 364. The second-order valence-corrected chi connectivity index (χ2v) is 5.52. The number of benzene rings is 1. The third-order valence-electron chi connectivity index (χ3n) is 4.45. The lowest BCUT2D eigenvalue weighted by molar-refractivity contribution is -0.0565. The van der Waals surface area contributed by atoms with Gasteiger partial charge in [-0.1, -0.05) is 30.3 Å². The quantitative estimate of drug-likeness (QED) is 0.861. The molecule has 0 radical (unpaired) electrons. The first-order valence-corrected chi connectivity index (χ1v) is 6.79. The molecule has 0 aromatic heterocycles. The van der Waals surface area contributed by atoms with Crippen molar-refractivity contribution in [3.05, 3.63) is 35.9 Å². The maximum Gasteiger partial charge on any atom is 0.0696 e. The Kier molecular flexibility index (Phi) is 3.17. The summed E-state index contributed by atoms with van der Waals surface area (Å²) in [5.74, 6) is 0.570. The fraction of sp³-hybridized carbons (Fsp3) is 0.600. The molecule has 3 heterocycles. The van der Waals surface area contributed by atoms with Gasteiger partial charge >= 0.3 is 0 Å². The summed E-state index contributed by atoms with van der Waals surface area (Å²) in [5, 5.41) is 9.86. The summed E-state index contributed by atoms with van der Waals surface area (Å²) in [4.78, 5) is 2.49. The Hall–Kier alpha value is -0.860. The number of aryl methyl sites for hydroxylation is 1. The number of piperidine rings is 3. The molecule has 0 saturated carbocycles. The Morgan fingerprint density at radius 2 is 2.06 bits per heavy atom. The zero-order chi connectivity index (χ0) is 11.7. The van der Waals surface area contributed by atoms with E-state index in [2.05, 4.69) is 35.2 Å². The van der Waals surface area contributed by atoms with E-state index in [0.717, 1.165) is 6.54 Å². The number of aliphatic hydroxyl groups is 1. The first-order chi connectivity index (χ1) is 8.33. The highest BCUT2D eigenvalue weighted by atomic mass is 16.3. The Labute approximate surface area is 103 Å². The lowest BCUT2D eigenvalue weighted by Crippen LogP contribution is -2.55. The molecule has 4 rings (SSSR count). The molecule has 3 saturated heterocycles. The minimum Gasteiger partial charge on any atom is -0.392 e. The van der Waals surface area contributed by atoms with Gasteiger partial charge in [-0.25, -0.2) is 0 Å². The second-order valence-electron chi connectivity index (χ2n) is 5.52. The van der Waals surface area contributed by atoms with Gasteiger partial charge in [0.05, 0.1) is 6.10 Å². The highest BCUT2D eigenvalue weighted by Crippen LogP contribution is 2.33. The maximum absolute atomic E-state index is 9.86.